The van der Waals surface area contributed by atoms with Gasteiger partial charge < -0.3 is 19.4 Å². The minimum atomic E-state index is -0.185. The Hall–Kier alpha value is -2.87. The first-order valence-corrected chi connectivity index (χ1v) is 9.47. The van der Waals surface area contributed by atoms with Gasteiger partial charge in [0.25, 0.3) is 11.5 Å². The molecular formula is C19H19N3O4S. The van der Waals surface area contributed by atoms with E-state index in [1.807, 2.05) is 18.2 Å². The molecule has 0 aliphatic carbocycles. The Labute approximate surface area is 159 Å². The molecule has 0 fully saturated rings. The molecule has 3 heterocycles. The highest BCUT2D eigenvalue weighted by Crippen LogP contribution is 2.31. The molecule has 1 aliphatic heterocycles. The van der Waals surface area contributed by atoms with Crippen LogP contribution in [0.1, 0.15) is 20.8 Å². The van der Waals surface area contributed by atoms with Gasteiger partial charge in [-0.1, -0.05) is 6.07 Å². The van der Waals surface area contributed by atoms with Crippen molar-refractivity contribution < 1.29 is 14.3 Å². The van der Waals surface area contributed by atoms with Crippen molar-refractivity contribution in [2.24, 2.45) is 7.05 Å². The lowest BCUT2D eigenvalue weighted by Gasteiger charge is -2.18. The van der Waals surface area contributed by atoms with E-state index in [0.717, 1.165) is 17.1 Å². The minimum Gasteiger partial charge on any atom is -0.486 e. The Morgan fingerprint density at radius 1 is 1.30 bits per heavy atom. The van der Waals surface area contributed by atoms with Gasteiger partial charge >= 0.3 is 0 Å². The van der Waals surface area contributed by atoms with Crippen LogP contribution >= 0.6 is 11.3 Å². The van der Waals surface area contributed by atoms with Crippen molar-refractivity contribution in [3.63, 3.8) is 0 Å². The normalized spacial score (nSPS) is 13.0. The van der Waals surface area contributed by atoms with Crippen LogP contribution in [0.25, 0.3) is 10.2 Å². The maximum atomic E-state index is 12.6. The summed E-state index contributed by atoms with van der Waals surface area (Å²) in [6.07, 6.45) is 2.15. The first-order chi connectivity index (χ1) is 13.0. The van der Waals surface area contributed by atoms with Crippen molar-refractivity contribution in [3.8, 4) is 11.5 Å². The molecule has 0 saturated carbocycles. The highest BCUT2D eigenvalue weighted by Gasteiger charge is 2.19. The molecule has 0 radical (unpaired) electrons. The van der Waals surface area contributed by atoms with Gasteiger partial charge in [0, 0.05) is 13.6 Å². The second kappa shape index (κ2) is 7.03. The summed E-state index contributed by atoms with van der Waals surface area (Å²) in [5, 5.41) is 3.44. The zero-order valence-corrected chi connectivity index (χ0v) is 15.9. The first kappa shape index (κ1) is 17.5. The average molecular weight is 385 g/mol. The van der Waals surface area contributed by atoms with E-state index in [0.29, 0.717) is 46.8 Å². The summed E-state index contributed by atoms with van der Waals surface area (Å²) in [7, 11) is 1.65. The number of ether oxygens (including phenoxy) is 2. The smallest absolute Gasteiger partial charge is 0.262 e. The summed E-state index contributed by atoms with van der Waals surface area (Å²) >= 11 is 1.25. The van der Waals surface area contributed by atoms with Crippen molar-refractivity contribution in [2.45, 2.75) is 13.3 Å². The standard InChI is InChI=1S/C19H19N3O4S/c1-11-15-18(21-10-22(2)19(15)24)27-16(11)17(23)20-6-5-12-3-4-13-14(9-12)26-8-7-25-13/h3-4,9-10H,5-8H2,1-2H3,(H,20,23). The van der Waals surface area contributed by atoms with Crippen LogP contribution in [0.15, 0.2) is 29.3 Å². The number of rotatable bonds is 4. The highest BCUT2D eigenvalue weighted by atomic mass is 32.1. The minimum absolute atomic E-state index is 0.135. The number of carbonyl (C=O) groups excluding carboxylic acids is 1. The van der Waals surface area contributed by atoms with E-state index in [2.05, 4.69) is 10.3 Å². The van der Waals surface area contributed by atoms with E-state index < -0.39 is 0 Å². The molecule has 140 valence electrons. The molecule has 4 rings (SSSR count). The quantitative estimate of drug-likeness (QED) is 0.743. The zero-order valence-electron chi connectivity index (χ0n) is 15.1. The van der Waals surface area contributed by atoms with Gasteiger partial charge in [0.15, 0.2) is 11.5 Å². The molecule has 0 unspecified atom stereocenters. The van der Waals surface area contributed by atoms with Gasteiger partial charge in [0.1, 0.15) is 18.0 Å². The molecule has 0 spiro atoms. The topological polar surface area (TPSA) is 82.4 Å². The van der Waals surface area contributed by atoms with Gasteiger partial charge in [-0.15, -0.1) is 11.3 Å². The van der Waals surface area contributed by atoms with E-state index in [-0.39, 0.29) is 11.5 Å². The summed E-state index contributed by atoms with van der Waals surface area (Å²) in [6, 6.07) is 5.81. The summed E-state index contributed by atoms with van der Waals surface area (Å²) in [5.74, 6) is 1.31. The van der Waals surface area contributed by atoms with E-state index in [9.17, 15) is 9.59 Å². The Morgan fingerprint density at radius 3 is 2.89 bits per heavy atom. The van der Waals surface area contributed by atoms with E-state index in [1.165, 1.54) is 22.2 Å². The Morgan fingerprint density at radius 2 is 2.07 bits per heavy atom. The molecule has 1 N–H and O–H groups in total. The van der Waals surface area contributed by atoms with Crippen LogP contribution in [-0.2, 0) is 13.5 Å². The Bertz CT molecular complexity index is 1090. The lowest BCUT2D eigenvalue weighted by Crippen LogP contribution is -2.25. The molecule has 0 saturated heterocycles. The van der Waals surface area contributed by atoms with Crippen LogP contribution in [0.2, 0.25) is 0 Å². The molecule has 8 heteroatoms. The number of aryl methyl sites for hydroxylation is 2. The third-order valence-corrected chi connectivity index (χ3v) is 5.72. The SMILES string of the molecule is Cc1c(C(=O)NCCc2ccc3c(c2)OCCO3)sc2ncn(C)c(=O)c12. The van der Waals surface area contributed by atoms with Gasteiger partial charge in [-0.25, -0.2) is 4.98 Å². The maximum Gasteiger partial charge on any atom is 0.262 e. The number of fused-ring (bicyclic) bond motifs is 2. The van der Waals surface area contributed by atoms with E-state index >= 15 is 0 Å². The molecule has 0 bridgehead atoms. The fourth-order valence-electron chi connectivity index (χ4n) is 3.07. The van der Waals surface area contributed by atoms with Crippen LogP contribution < -0.4 is 20.3 Å². The predicted octanol–water partition coefficient (Wildman–Crippen LogP) is 2.05. The summed E-state index contributed by atoms with van der Waals surface area (Å²) < 4.78 is 12.5. The second-order valence-corrected chi connectivity index (χ2v) is 7.38. The lowest BCUT2D eigenvalue weighted by atomic mass is 10.1. The number of hydrogen-bond acceptors (Lipinski definition) is 6. The van der Waals surface area contributed by atoms with Gasteiger partial charge in [0.05, 0.1) is 16.6 Å². The second-order valence-electron chi connectivity index (χ2n) is 6.38. The molecule has 27 heavy (non-hydrogen) atoms. The molecule has 0 atom stereocenters. The number of benzene rings is 1. The highest BCUT2D eigenvalue weighted by molar-refractivity contribution is 7.20. The summed E-state index contributed by atoms with van der Waals surface area (Å²) in [5.41, 5.74) is 1.60. The molecule has 3 aromatic rings. The predicted molar refractivity (Wildman–Crippen MR) is 103 cm³/mol. The molecule has 1 aromatic carbocycles. The summed E-state index contributed by atoms with van der Waals surface area (Å²) in [6.45, 7) is 3.38. The first-order valence-electron chi connectivity index (χ1n) is 8.66. The third kappa shape index (κ3) is 3.28. The number of thiophene rings is 1. The number of amides is 1. The average Bonchev–Trinajstić information content (AvgIpc) is 3.02. The Kier molecular flexibility index (Phi) is 4.57. The number of carbonyl (C=O) groups is 1. The molecule has 7 nitrogen and oxygen atoms in total. The number of hydrogen-bond donors (Lipinski definition) is 1. The van der Waals surface area contributed by atoms with Crippen molar-refractivity contribution in [1.82, 2.24) is 14.9 Å². The van der Waals surface area contributed by atoms with Crippen LogP contribution in [-0.4, -0.2) is 35.2 Å². The van der Waals surface area contributed by atoms with Crippen LogP contribution in [0.4, 0.5) is 0 Å². The largest absolute Gasteiger partial charge is 0.486 e. The van der Waals surface area contributed by atoms with Crippen molar-refractivity contribution >= 4 is 27.5 Å². The van der Waals surface area contributed by atoms with Crippen LogP contribution in [0.3, 0.4) is 0 Å². The van der Waals surface area contributed by atoms with Gasteiger partial charge in [-0.3, -0.25) is 9.59 Å². The van der Waals surface area contributed by atoms with Crippen LogP contribution in [0, 0.1) is 6.92 Å². The molecular weight excluding hydrogens is 366 g/mol. The number of nitrogens with zero attached hydrogens (tertiary/aromatic N) is 2. The van der Waals surface area contributed by atoms with Gasteiger partial charge in [-0.2, -0.15) is 0 Å². The third-order valence-electron chi connectivity index (χ3n) is 4.52. The van der Waals surface area contributed by atoms with E-state index in [4.69, 9.17) is 9.47 Å². The maximum absolute atomic E-state index is 12.6. The number of aromatic nitrogens is 2. The van der Waals surface area contributed by atoms with Gasteiger partial charge in [-0.05, 0) is 36.6 Å². The lowest BCUT2D eigenvalue weighted by molar-refractivity contribution is 0.0957. The Balaban J connectivity index is 1.46. The van der Waals surface area contributed by atoms with E-state index in [1.54, 1.807) is 14.0 Å². The van der Waals surface area contributed by atoms with Crippen molar-refractivity contribution in [2.75, 3.05) is 19.8 Å². The van der Waals surface area contributed by atoms with Crippen LogP contribution in [0.5, 0.6) is 11.5 Å². The molecule has 2 aromatic heterocycles. The number of nitrogens with one attached hydrogen (secondary N) is 1. The molecule has 1 aliphatic rings. The van der Waals surface area contributed by atoms with Gasteiger partial charge in [0.2, 0.25) is 0 Å². The monoisotopic (exact) mass is 385 g/mol. The zero-order chi connectivity index (χ0) is 19.0. The van der Waals surface area contributed by atoms with Crippen molar-refractivity contribution in [1.29, 1.82) is 0 Å². The van der Waals surface area contributed by atoms with Crippen molar-refractivity contribution in [3.05, 3.63) is 50.9 Å². The fraction of sp³-hybridized carbons (Fsp3) is 0.316. The molecule has 1 amide bonds. The fourth-order valence-corrected chi connectivity index (χ4v) is 4.13. The summed E-state index contributed by atoms with van der Waals surface area (Å²) in [4.78, 5) is 30.2.